The van der Waals surface area contributed by atoms with Gasteiger partial charge in [-0.15, -0.1) is 0 Å². The lowest BCUT2D eigenvalue weighted by Gasteiger charge is -2.18. The number of benzene rings is 1. The van der Waals surface area contributed by atoms with Gasteiger partial charge in [-0.1, -0.05) is 37.3 Å². The summed E-state index contributed by atoms with van der Waals surface area (Å²) < 4.78 is 2.64. The monoisotopic (exact) mass is 557 g/mol. The number of hydrogen-bond donors (Lipinski definition) is 4. The van der Waals surface area contributed by atoms with Crippen LogP contribution in [0.15, 0.2) is 60.9 Å². The summed E-state index contributed by atoms with van der Waals surface area (Å²) in [5, 5.41) is 19.7. The van der Waals surface area contributed by atoms with Crippen LogP contribution in [0.2, 0.25) is 0 Å². The van der Waals surface area contributed by atoms with E-state index in [0.717, 1.165) is 20.9 Å². The molecule has 0 radical (unpaired) electrons. The normalized spacial score (nSPS) is 12.1. The minimum atomic E-state index is -0.416. The zero-order chi connectivity index (χ0) is 28.2. The first kappa shape index (κ1) is 27.2. The van der Waals surface area contributed by atoms with Crippen LogP contribution in [0.5, 0.6) is 0 Å². The van der Waals surface area contributed by atoms with Crippen molar-refractivity contribution in [3.8, 4) is 11.4 Å². The van der Waals surface area contributed by atoms with Gasteiger partial charge in [0.2, 0.25) is 0 Å². The Morgan fingerprint density at radius 1 is 1.07 bits per heavy atom. The lowest BCUT2D eigenvalue weighted by Crippen LogP contribution is -2.39. The second-order valence-electron chi connectivity index (χ2n) is 9.88. The van der Waals surface area contributed by atoms with Crippen LogP contribution < -0.4 is 16.0 Å². The van der Waals surface area contributed by atoms with Crippen molar-refractivity contribution in [2.75, 3.05) is 19.0 Å². The molecule has 0 bridgehead atoms. The molecule has 0 saturated carbocycles. The zero-order valence-corrected chi connectivity index (χ0v) is 23.3. The average Bonchev–Trinajstić information content (AvgIpc) is 3.57. The molecule has 4 aromatic heterocycles. The number of aliphatic hydroxyl groups excluding tert-OH is 1. The highest BCUT2D eigenvalue weighted by molar-refractivity contribution is 7.22. The molecule has 0 fully saturated rings. The third kappa shape index (κ3) is 5.65. The van der Waals surface area contributed by atoms with Gasteiger partial charge < -0.3 is 21.1 Å². The topological polar surface area (TPSA) is 134 Å². The molecule has 206 valence electrons. The number of anilines is 1. The number of imidazole rings is 1. The molecule has 0 spiro atoms. The van der Waals surface area contributed by atoms with E-state index in [1.54, 1.807) is 52.4 Å². The van der Waals surface area contributed by atoms with E-state index in [4.69, 9.17) is 4.98 Å². The molecule has 4 heterocycles. The maximum absolute atomic E-state index is 13.6. The van der Waals surface area contributed by atoms with Crippen LogP contribution in [0, 0.1) is 5.92 Å². The zero-order valence-electron chi connectivity index (χ0n) is 22.5. The summed E-state index contributed by atoms with van der Waals surface area (Å²) in [6.07, 6.45) is 3.95. The summed E-state index contributed by atoms with van der Waals surface area (Å²) in [5.74, 6) is -0.431. The molecule has 5 rings (SSSR count). The van der Waals surface area contributed by atoms with Gasteiger partial charge in [0.05, 0.1) is 34.1 Å². The predicted octanol–water partition coefficient (Wildman–Crippen LogP) is 4.11. The lowest BCUT2D eigenvalue weighted by atomic mass is 10.0. The molecule has 0 saturated heterocycles. The van der Waals surface area contributed by atoms with Gasteiger partial charge in [-0.05, 0) is 54.3 Å². The van der Waals surface area contributed by atoms with Crippen molar-refractivity contribution in [3.05, 3.63) is 77.7 Å². The van der Waals surface area contributed by atoms with Gasteiger partial charge in [0.25, 0.3) is 11.8 Å². The van der Waals surface area contributed by atoms with E-state index in [1.165, 1.54) is 0 Å². The van der Waals surface area contributed by atoms with Crippen LogP contribution in [0.3, 0.4) is 0 Å². The number of carbonyl (C=O) groups excluding carboxylic acids is 2. The fourth-order valence-corrected chi connectivity index (χ4v) is 5.49. The van der Waals surface area contributed by atoms with Gasteiger partial charge in [0.15, 0.2) is 10.8 Å². The Hall–Kier alpha value is -4.35. The van der Waals surface area contributed by atoms with Crippen LogP contribution in [0.4, 0.5) is 5.13 Å². The van der Waals surface area contributed by atoms with Crippen LogP contribution in [0.1, 0.15) is 46.7 Å². The van der Waals surface area contributed by atoms with Gasteiger partial charge in [-0.2, -0.15) is 0 Å². The van der Waals surface area contributed by atoms with Crippen molar-refractivity contribution in [1.82, 2.24) is 30.0 Å². The average molecular weight is 558 g/mol. The van der Waals surface area contributed by atoms with Crippen LogP contribution in [-0.2, 0) is 6.54 Å². The molecule has 0 aliphatic heterocycles. The maximum Gasteiger partial charge on any atom is 0.270 e. The minimum absolute atomic E-state index is 0.184. The number of carbonyl (C=O) groups is 2. The molecule has 4 N–H and O–H groups in total. The summed E-state index contributed by atoms with van der Waals surface area (Å²) in [6, 6.07) is 14.2. The minimum Gasteiger partial charge on any atom is -0.394 e. The van der Waals surface area contributed by atoms with Crippen LogP contribution in [0.25, 0.3) is 27.3 Å². The highest BCUT2D eigenvalue weighted by Crippen LogP contribution is 2.27. The first-order valence-electron chi connectivity index (χ1n) is 13.1. The first-order valence-corrected chi connectivity index (χ1v) is 13.9. The Bertz CT molecular complexity index is 1660. The van der Waals surface area contributed by atoms with Crippen LogP contribution >= 0.6 is 11.3 Å². The van der Waals surface area contributed by atoms with E-state index in [0.29, 0.717) is 35.6 Å². The molecular weight excluding hydrogens is 526 g/mol. The first-order chi connectivity index (χ1) is 19.4. The standard InChI is InChI=1S/C29H31N7O3S/c1-17(2)13-19(16-37)33-28(39)25-24(22-8-4-5-11-31-22)35-26-20(7-6-12-36(25)26)27(38)32-15-18-9-10-21-23(14-18)40-29(30-3)34-21/h4-12,14,17,19,37H,13,15-16H2,1-3H3,(H,30,34)(H,32,38)(H,33,39)/t19-/m0/s1. The van der Waals surface area contributed by atoms with E-state index in [9.17, 15) is 14.7 Å². The third-order valence-electron chi connectivity index (χ3n) is 6.45. The van der Waals surface area contributed by atoms with Crippen molar-refractivity contribution in [2.45, 2.75) is 32.9 Å². The highest BCUT2D eigenvalue weighted by atomic mass is 32.1. The van der Waals surface area contributed by atoms with Crippen LogP contribution in [-0.4, -0.2) is 56.0 Å². The maximum atomic E-state index is 13.6. The van der Waals surface area contributed by atoms with Crippen molar-refractivity contribution < 1.29 is 14.7 Å². The molecule has 0 unspecified atom stereocenters. The van der Waals surface area contributed by atoms with E-state index in [2.05, 4.69) is 25.9 Å². The van der Waals surface area contributed by atoms with Crippen molar-refractivity contribution in [1.29, 1.82) is 0 Å². The molecule has 1 atom stereocenters. The predicted molar refractivity (Wildman–Crippen MR) is 157 cm³/mol. The number of hydrogen-bond acceptors (Lipinski definition) is 8. The number of nitrogens with one attached hydrogen (secondary N) is 3. The lowest BCUT2D eigenvalue weighted by molar-refractivity contribution is 0.0901. The van der Waals surface area contributed by atoms with E-state index >= 15 is 0 Å². The van der Waals surface area contributed by atoms with Gasteiger partial charge in [0, 0.05) is 26.0 Å². The Kier molecular flexibility index (Phi) is 8.04. The highest BCUT2D eigenvalue weighted by Gasteiger charge is 2.26. The number of amides is 2. The molecule has 1 aromatic carbocycles. The number of aromatic nitrogens is 4. The molecule has 10 nitrogen and oxygen atoms in total. The summed E-state index contributed by atoms with van der Waals surface area (Å²) in [5.41, 5.74) is 3.62. The molecule has 5 aromatic rings. The Labute approximate surface area is 235 Å². The van der Waals surface area contributed by atoms with Crippen molar-refractivity contribution >= 4 is 44.1 Å². The quantitative estimate of drug-likeness (QED) is 0.203. The molecule has 2 amide bonds. The number of nitrogens with zero attached hydrogens (tertiary/aromatic N) is 4. The molecular formula is C29H31N7O3S. The number of thiazole rings is 1. The fraction of sp³-hybridized carbons (Fsp3) is 0.276. The van der Waals surface area contributed by atoms with E-state index < -0.39 is 11.9 Å². The van der Waals surface area contributed by atoms with E-state index in [1.807, 2.05) is 45.2 Å². The van der Waals surface area contributed by atoms with Gasteiger partial charge >= 0.3 is 0 Å². The molecule has 11 heteroatoms. The smallest absolute Gasteiger partial charge is 0.270 e. The largest absolute Gasteiger partial charge is 0.394 e. The summed E-state index contributed by atoms with van der Waals surface area (Å²) in [7, 11) is 1.83. The van der Waals surface area contributed by atoms with Gasteiger partial charge in [-0.3, -0.25) is 19.0 Å². The SMILES string of the molecule is CNc1nc2ccc(CNC(=O)c3cccn4c(C(=O)N[C@H](CO)CC(C)C)c(-c5ccccn5)nc34)cc2s1. The van der Waals surface area contributed by atoms with E-state index in [-0.39, 0.29) is 24.1 Å². The van der Waals surface area contributed by atoms with Gasteiger partial charge in [0.1, 0.15) is 11.4 Å². The third-order valence-corrected chi connectivity index (χ3v) is 7.48. The number of rotatable bonds is 10. The number of aliphatic hydroxyl groups is 1. The van der Waals surface area contributed by atoms with Crippen molar-refractivity contribution in [2.24, 2.45) is 5.92 Å². The molecule has 0 aliphatic rings. The van der Waals surface area contributed by atoms with Gasteiger partial charge in [-0.25, -0.2) is 9.97 Å². The second kappa shape index (κ2) is 11.8. The fourth-order valence-electron chi connectivity index (χ4n) is 4.61. The molecule has 0 aliphatic carbocycles. The summed E-state index contributed by atoms with van der Waals surface area (Å²) >= 11 is 1.55. The number of fused-ring (bicyclic) bond motifs is 2. The summed E-state index contributed by atoms with van der Waals surface area (Å²) in [6.45, 7) is 4.19. The number of pyridine rings is 2. The summed E-state index contributed by atoms with van der Waals surface area (Å²) in [4.78, 5) is 40.6. The molecule has 40 heavy (non-hydrogen) atoms. The Balaban J connectivity index is 1.47. The Morgan fingerprint density at radius 2 is 1.93 bits per heavy atom. The second-order valence-corrected chi connectivity index (χ2v) is 10.9. The Morgan fingerprint density at radius 3 is 2.65 bits per heavy atom. The van der Waals surface area contributed by atoms with Crippen molar-refractivity contribution in [3.63, 3.8) is 0 Å².